The van der Waals surface area contributed by atoms with E-state index in [2.05, 4.69) is 25.1 Å². The summed E-state index contributed by atoms with van der Waals surface area (Å²) >= 11 is 0. The van der Waals surface area contributed by atoms with E-state index in [1.165, 1.54) is 6.07 Å². The number of hydrogen-bond acceptors (Lipinski definition) is 6. The first kappa shape index (κ1) is 16.4. The van der Waals surface area contributed by atoms with Gasteiger partial charge in [-0.2, -0.15) is 4.98 Å². The van der Waals surface area contributed by atoms with Crippen LogP contribution < -0.4 is 15.1 Å². The number of rotatable bonds is 5. The minimum atomic E-state index is -0.174. The molecular weight excluding hydrogens is 333 g/mol. The van der Waals surface area contributed by atoms with Crippen LogP contribution in [0.1, 0.15) is 5.76 Å². The first-order valence-corrected chi connectivity index (χ1v) is 8.63. The lowest BCUT2D eigenvalue weighted by atomic mass is 10.2. The molecule has 2 aromatic heterocycles. The van der Waals surface area contributed by atoms with Crippen LogP contribution in [0, 0.1) is 5.82 Å². The number of hydrogen-bond donors (Lipinski definition) is 1. The molecule has 0 bridgehead atoms. The standard InChI is InChI=1S/C19H20FN5O/c20-16-5-1-2-6-17(16)24-9-11-25(12-10-24)18-7-8-21-19(23-18)22-14-15-4-3-13-26-15/h1-8,13H,9-12,14H2,(H,21,22,23). The molecule has 1 saturated heterocycles. The average molecular weight is 353 g/mol. The molecule has 3 aromatic rings. The minimum absolute atomic E-state index is 0.174. The zero-order chi connectivity index (χ0) is 17.8. The van der Waals surface area contributed by atoms with Gasteiger partial charge in [0.15, 0.2) is 0 Å². The maximum Gasteiger partial charge on any atom is 0.224 e. The molecule has 1 N–H and O–H groups in total. The van der Waals surface area contributed by atoms with E-state index in [1.54, 1.807) is 18.5 Å². The summed E-state index contributed by atoms with van der Waals surface area (Å²) in [5.74, 6) is 2.09. The van der Waals surface area contributed by atoms with Gasteiger partial charge >= 0.3 is 0 Å². The Hall–Kier alpha value is -3.09. The third-order valence-electron chi connectivity index (χ3n) is 4.44. The second kappa shape index (κ2) is 7.43. The van der Waals surface area contributed by atoms with Crippen LogP contribution in [0.5, 0.6) is 0 Å². The largest absolute Gasteiger partial charge is 0.467 e. The topological polar surface area (TPSA) is 57.4 Å². The summed E-state index contributed by atoms with van der Waals surface area (Å²) in [6.45, 7) is 3.60. The Labute approximate surface area is 151 Å². The van der Waals surface area contributed by atoms with Crippen LogP contribution in [-0.2, 0) is 6.54 Å². The molecule has 1 aliphatic rings. The van der Waals surface area contributed by atoms with Crippen LogP contribution in [0.2, 0.25) is 0 Å². The fourth-order valence-corrected chi connectivity index (χ4v) is 3.07. The Kier molecular flexibility index (Phi) is 4.68. The monoisotopic (exact) mass is 353 g/mol. The van der Waals surface area contributed by atoms with Crippen LogP contribution >= 0.6 is 0 Å². The summed E-state index contributed by atoms with van der Waals surface area (Å²) in [7, 11) is 0. The van der Waals surface area contributed by atoms with E-state index in [-0.39, 0.29) is 5.82 Å². The highest BCUT2D eigenvalue weighted by Gasteiger charge is 2.20. The molecule has 0 spiro atoms. The molecule has 3 heterocycles. The van der Waals surface area contributed by atoms with Gasteiger partial charge in [0.25, 0.3) is 0 Å². The molecule has 26 heavy (non-hydrogen) atoms. The molecule has 7 heteroatoms. The van der Waals surface area contributed by atoms with Crippen molar-refractivity contribution in [2.45, 2.75) is 6.54 Å². The van der Waals surface area contributed by atoms with E-state index < -0.39 is 0 Å². The van der Waals surface area contributed by atoms with E-state index in [4.69, 9.17) is 4.42 Å². The Morgan fingerprint density at radius 2 is 1.81 bits per heavy atom. The molecule has 0 unspecified atom stereocenters. The molecule has 6 nitrogen and oxygen atoms in total. The van der Waals surface area contributed by atoms with Crippen molar-refractivity contribution in [1.82, 2.24) is 9.97 Å². The lowest BCUT2D eigenvalue weighted by molar-refractivity contribution is 0.517. The van der Waals surface area contributed by atoms with Crippen molar-refractivity contribution in [2.24, 2.45) is 0 Å². The van der Waals surface area contributed by atoms with Crippen LogP contribution in [0.4, 0.5) is 21.8 Å². The third kappa shape index (κ3) is 3.61. The number of aromatic nitrogens is 2. The zero-order valence-electron chi connectivity index (χ0n) is 14.3. The fourth-order valence-electron chi connectivity index (χ4n) is 3.07. The molecule has 0 amide bonds. The van der Waals surface area contributed by atoms with Crippen molar-refractivity contribution in [3.05, 3.63) is 66.5 Å². The van der Waals surface area contributed by atoms with E-state index in [1.807, 2.05) is 30.3 Å². The van der Waals surface area contributed by atoms with Gasteiger partial charge in [0.1, 0.15) is 17.4 Å². The average Bonchev–Trinajstić information content (AvgIpc) is 3.21. The van der Waals surface area contributed by atoms with Crippen LogP contribution in [-0.4, -0.2) is 36.1 Å². The summed E-state index contributed by atoms with van der Waals surface area (Å²) in [4.78, 5) is 13.1. The van der Waals surface area contributed by atoms with Crippen LogP contribution in [0.25, 0.3) is 0 Å². The van der Waals surface area contributed by atoms with E-state index in [0.29, 0.717) is 18.2 Å². The van der Waals surface area contributed by atoms with Gasteiger partial charge in [-0.25, -0.2) is 9.37 Å². The summed E-state index contributed by atoms with van der Waals surface area (Å²) in [5.41, 5.74) is 0.663. The lowest BCUT2D eigenvalue weighted by Crippen LogP contribution is -2.47. The van der Waals surface area contributed by atoms with Crippen LogP contribution in [0.3, 0.4) is 0 Å². The highest BCUT2D eigenvalue weighted by atomic mass is 19.1. The van der Waals surface area contributed by atoms with Gasteiger partial charge < -0.3 is 19.5 Å². The van der Waals surface area contributed by atoms with Crippen molar-refractivity contribution in [3.63, 3.8) is 0 Å². The molecule has 4 rings (SSSR count). The van der Waals surface area contributed by atoms with Gasteiger partial charge in [0.05, 0.1) is 18.5 Å². The Morgan fingerprint density at radius 3 is 2.58 bits per heavy atom. The molecule has 1 aromatic carbocycles. The van der Waals surface area contributed by atoms with Crippen molar-refractivity contribution in [1.29, 1.82) is 0 Å². The Morgan fingerprint density at radius 1 is 1.00 bits per heavy atom. The first-order valence-electron chi connectivity index (χ1n) is 8.63. The molecular formula is C19H20FN5O. The van der Waals surface area contributed by atoms with Gasteiger partial charge in [0.2, 0.25) is 5.95 Å². The molecule has 1 aliphatic heterocycles. The summed E-state index contributed by atoms with van der Waals surface area (Å²) in [6.07, 6.45) is 3.39. The van der Waals surface area contributed by atoms with E-state index in [9.17, 15) is 4.39 Å². The summed E-state index contributed by atoms with van der Waals surface area (Å²) in [6, 6.07) is 12.6. The summed E-state index contributed by atoms with van der Waals surface area (Å²) in [5, 5.41) is 3.17. The van der Waals surface area contributed by atoms with Crippen molar-refractivity contribution < 1.29 is 8.81 Å². The van der Waals surface area contributed by atoms with Gasteiger partial charge in [-0.05, 0) is 30.3 Å². The zero-order valence-corrected chi connectivity index (χ0v) is 14.3. The smallest absolute Gasteiger partial charge is 0.224 e. The SMILES string of the molecule is Fc1ccccc1N1CCN(c2ccnc(NCc3ccco3)n2)CC1. The number of anilines is 3. The third-order valence-corrected chi connectivity index (χ3v) is 4.44. The number of nitrogens with one attached hydrogen (secondary N) is 1. The molecule has 0 saturated carbocycles. The molecule has 134 valence electrons. The van der Waals surface area contributed by atoms with Crippen molar-refractivity contribution in [2.75, 3.05) is 41.3 Å². The number of benzene rings is 1. The first-order chi connectivity index (χ1) is 12.8. The fraction of sp³-hybridized carbons (Fsp3) is 0.263. The minimum Gasteiger partial charge on any atom is -0.467 e. The van der Waals surface area contributed by atoms with E-state index >= 15 is 0 Å². The maximum atomic E-state index is 14.0. The molecule has 1 fully saturated rings. The van der Waals surface area contributed by atoms with Crippen molar-refractivity contribution in [3.8, 4) is 0 Å². The Balaban J connectivity index is 1.38. The number of piperazine rings is 1. The second-order valence-electron chi connectivity index (χ2n) is 6.10. The predicted octanol–water partition coefficient (Wildman–Crippen LogP) is 3.15. The second-order valence-corrected chi connectivity index (χ2v) is 6.10. The van der Waals surface area contributed by atoms with Gasteiger partial charge in [-0.15, -0.1) is 0 Å². The predicted molar refractivity (Wildman–Crippen MR) is 98.9 cm³/mol. The van der Waals surface area contributed by atoms with Gasteiger partial charge in [-0.3, -0.25) is 0 Å². The number of furan rings is 1. The molecule has 0 radical (unpaired) electrons. The maximum absolute atomic E-state index is 14.0. The Bertz CT molecular complexity index is 847. The summed E-state index contributed by atoms with van der Waals surface area (Å²) < 4.78 is 19.3. The number of halogens is 1. The molecule has 0 aliphatic carbocycles. The number of nitrogens with zero attached hydrogens (tertiary/aromatic N) is 4. The van der Waals surface area contributed by atoms with E-state index in [0.717, 1.165) is 37.8 Å². The normalized spacial score (nSPS) is 14.5. The highest BCUT2D eigenvalue weighted by molar-refractivity contribution is 5.51. The van der Waals surface area contributed by atoms with Gasteiger partial charge in [0, 0.05) is 32.4 Å². The van der Waals surface area contributed by atoms with Gasteiger partial charge in [-0.1, -0.05) is 12.1 Å². The highest BCUT2D eigenvalue weighted by Crippen LogP contribution is 2.22. The quantitative estimate of drug-likeness (QED) is 0.760. The lowest BCUT2D eigenvalue weighted by Gasteiger charge is -2.36. The molecule has 0 atom stereocenters. The number of para-hydroxylation sites is 1. The van der Waals surface area contributed by atoms with Crippen molar-refractivity contribution >= 4 is 17.5 Å². The van der Waals surface area contributed by atoms with Crippen LogP contribution in [0.15, 0.2) is 59.3 Å².